The van der Waals surface area contributed by atoms with E-state index in [9.17, 15) is 9.59 Å². The van der Waals surface area contributed by atoms with Crippen molar-refractivity contribution in [3.63, 3.8) is 0 Å². The lowest BCUT2D eigenvalue weighted by Crippen LogP contribution is -2.33. The van der Waals surface area contributed by atoms with E-state index in [4.69, 9.17) is 4.74 Å². The van der Waals surface area contributed by atoms with Gasteiger partial charge in [-0.2, -0.15) is 5.10 Å². The fraction of sp³-hybridized carbons (Fsp3) is 0.348. The van der Waals surface area contributed by atoms with Crippen molar-refractivity contribution in [2.24, 2.45) is 0 Å². The van der Waals surface area contributed by atoms with E-state index >= 15 is 0 Å². The zero-order valence-electron chi connectivity index (χ0n) is 16.9. The van der Waals surface area contributed by atoms with Gasteiger partial charge in [0.2, 0.25) is 5.91 Å². The first-order valence-corrected chi connectivity index (χ1v) is 10.4. The lowest BCUT2D eigenvalue weighted by molar-refractivity contribution is -0.122. The molecule has 0 unspecified atom stereocenters. The molecule has 1 aliphatic rings. The van der Waals surface area contributed by atoms with Crippen LogP contribution in [0.5, 0.6) is 5.75 Å². The number of benzene rings is 2. The monoisotopic (exact) mass is 406 g/mol. The van der Waals surface area contributed by atoms with Crippen LogP contribution in [0.25, 0.3) is 0 Å². The average molecular weight is 406 g/mol. The molecule has 156 valence electrons. The Labute approximate surface area is 175 Å². The number of amides is 1. The fourth-order valence-electron chi connectivity index (χ4n) is 3.61. The van der Waals surface area contributed by atoms with Gasteiger partial charge in [0.25, 0.3) is 0 Å². The van der Waals surface area contributed by atoms with Crippen LogP contribution in [0.2, 0.25) is 0 Å². The second-order valence-electron chi connectivity index (χ2n) is 7.52. The number of rotatable bonds is 7. The van der Waals surface area contributed by atoms with Gasteiger partial charge in [0.1, 0.15) is 24.7 Å². The van der Waals surface area contributed by atoms with E-state index in [0.717, 1.165) is 48.4 Å². The van der Waals surface area contributed by atoms with Crippen molar-refractivity contribution in [1.29, 1.82) is 0 Å². The van der Waals surface area contributed by atoms with Gasteiger partial charge in [-0.15, -0.1) is 0 Å². The van der Waals surface area contributed by atoms with E-state index in [0.29, 0.717) is 19.7 Å². The Bertz CT molecular complexity index is 1060. The summed E-state index contributed by atoms with van der Waals surface area (Å²) in [6.45, 7) is 1.48. The number of nitrogens with zero attached hydrogens (tertiary/aromatic N) is 3. The molecule has 7 heteroatoms. The third-order valence-electron chi connectivity index (χ3n) is 5.21. The van der Waals surface area contributed by atoms with Crippen molar-refractivity contribution in [3.05, 3.63) is 82.0 Å². The molecule has 0 atom stereocenters. The zero-order valence-corrected chi connectivity index (χ0v) is 16.9. The predicted octanol–water partition coefficient (Wildman–Crippen LogP) is 2.67. The largest absolute Gasteiger partial charge is 0.489 e. The minimum Gasteiger partial charge on any atom is -0.489 e. The summed E-state index contributed by atoms with van der Waals surface area (Å²) in [4.78, 5) is 24.8. The summed E-state index contributed by atoms with van der Waals surface area (Å²) in [6, 6.07) is 17.6. The standard InChI is InChI=1S/C23H26N4O3/c28-22(16-27-23(29)26-13-6-2-5-12-21(26)25-27)24-15-19-10-7-11-20(14-19)30-17-18-8-3-1-4-9-18/h1,3-4,7-11,14H,2,5-6,12-13,15-17H2,(H,24,28). The van der Waals surface area contributed by atoms with Crippen molar-refractivity contribution < 1.29 is 9.53 Å². The molecule has 2 heterocycles. The second kappa shape index (κ2) is 9.43. The fourth-order valence-corrected chi connectivity index (χ4v) is 3.61. The highest BCUT2D eigenvalue weighted by atomic mass is 16.5. The highest BCUT2D eigenvalue weighted by Crippen LogP contribution is 2.15. The third kappa shape index (κ3) is 4.97. The molecule has 2 aromatic carbocycles. The number of carbonyl (C=O) groups excluding carboxylic acids is 1. The summed E-state index contributed by atoms with van der Waals surface area (Å²) in [5.41, 5.74) is 1.83. The van der Waals surface area contributed by atoms with Crippen molar-refractivity contribution in [2.45, 2.75) is 51.9 Å². The molecule has 1 aromatic heterocycles. The Morgan fingerprint density at radius 1 is 1.03 bits per heavy atom. The normalized spacial score (nSPS) is 13.3. The maximum absolute atomic E-state index is 12.5. The van der Waals surface area contributed by atoms with Gasteiger partial charge in [-0.05, 0) is 36.1 Å². The Balaban J connectivity index is 1.31. The number of ether oxygens (including phenoxy) is 1. The third-order valence-corrected chi connectivity index (χ3v) is 5.21. The number of carbonyl (C=O) groups is 1. The van der Waals surface area contributed by atoms with Gasteiger partial charge < -0.3 is 10.1 Å². The first-order chi connectivity index (χ1) is 14.7. The van der Waals surface area contributed by atoms with Gasteiger partial charge in [0, 0.05) is 19.5 Å². The molecule has 0 spiro atoms. The van der Waals surface area contributed by atoms with Crippen LogP contribution in [0, 0.1) is 0 Å². The van der Waals surface area contributed by atoms with E-state index < -0.39 is 0 Å². The second-order valence-corrected chi connectivity index (χ2v) is 7.52. The maximum atomic E-state index is 12.5. The summed E-state index contributed by atoms with van der Waals surface area (Å²) in [5, 5.41) is 7.22. The first kappa shape index (κ1) is 19.9. The van der Waals surface area contributed by atoms with Crippen LogP contribution in [-0.4, -0.2) is 20.3 Å². The molecule has 0 radical (unpaired) electrons. The summed E-state index contributed by atoms with van der Waals surface area (Å²) in [6.07, 6.45) is 3.91. The molecule has 0 fully saturated rings. The molecule has 1 N–H and O–H groups in total. The van der Waals surface area contributed by atoms with Crippen molar-refractivity contribution in [2.75, 3.05) is 0 Å². The molecule has 0 saturated carbocycles. The van der Waals surface area contributed by atoms with Crippen LogP contribution in [0.1, 0.15) is 36.2 Å². The first-order valence-electron chi connectivity index (χ1n) is 10.4. The van der Waals surface area contributed by atoms with Crippen LogP contribution in [-0.2, 0) is 37.5 Å². The highest BCUT2D eigenvalue weighted by molar-refractivity contribution is 5.75. The molecule has 4 rings (SSSR count). The Morgan fingerprint density at radius 2 is 1.87 bits per heavy atom. The van der Waals surface area contributed by atoms with Crippen molar-refractivity contribution in [3.8, 4) is 5.75 Å². The van der Waals surface area contributed by atoms with E-state index in [2.05, 4.69) is 10.4 Å². The van der Waals surface area contributed by atoms with Gasteiger partial charge in [0.15, 0.2) is 0 Å². The molecule has 0 bridgehead atoms. The molecular weight excluding hydrogens is 380 g/mol. The summed E-state index contributed by atoms with van der Waals surface area (Å²) >= 11 is 0. The lowest BCUT2D eigenvalue weighted by Gasteiger charge is -2.09. The molecular formula is C23H26N4O3. The average Bonchev–Trinajstić information content (AvgIpc) is 2.93. The minimum atomic E-state index is -0.235. The van der Waals surface area contributed by atoms with Gasteiger partial charge in [-0.25, -0.2) is 9.48 Å². The van der Waals surface area contributed by atoms with Crippen molar-refractivity contribution >= 4 is 5.91 Å². The predicted molar refractivity (Wildman–Crippen MR) is 113 cm³/mol. The Hall–Kier alpha value is -3.35. The SMILES string of the molecule is O=C(Cn1nc2n(c1=O)CCCCC2)NCc1cccc(OCc2ccccc2)c1. The zero-order chi connectivity index (χ0) is 20.8. The summed E-state index contributed by atoms with van der Waals surface area (Å²) < 4.78 is 8.81. The van der Waals surface area contributed by atoms with Crippen LogP contribution in [0.4, 0.5) is 0 Å². The van der Waals surface area contributed by atoms with E-state index in [-0.39, 0.29) is 18.1 Å². The van der Waals surface area contributed by atoms with E-state index in [1.807, 2.05) is 54.6 Å². The molecule has 0 saturated heterocycles. The number of hydrogen-bond donors (Lipinski definition) is 1. The molecule has 1 aliphatic heterocycles. The van der Waals surface area contributed by atoms with Crippen LogP contribution < -0.4 is 15.7 Å². The van der Waals surface area contributed by atoms with Crippen LogP contribution in [0.3, 0.4) is 0 Å². The number of aromatic nitrogens is 3. The van der Waals surface area contributed by atoms with Crippen LogP contribution >= 0.6 is 0 Å². The number of aryl methyl sites for hydroxylation is 1. The highest BCUT2D eigenvalue weighted by Gasteiger charge is 2.17. The molecule has 7 nitrogen and oxygen atoms in total. The Morgan fingerprint density at radius 3 is 2.73 bits per heavy atom. The van der Waals surface area contributed by atoms with Gasteiger partial charge in [-0.1, -0.05) is 48.9 Å². The number of hydrogen-bond acceptors (Lipinski definition) is 4. The van der Waals surface area contributed by atoms with Crippen LogP contribution in [0.15, 0.2) is 59.4 Å². The molecule has 30 heavy (non-hydrogen) atoms. The maximum Gasteiger partial charge on any atom is 0.346 e. The lowest BCUT2D eigenvalue weighted by atomic mass is 10.2. The molecule has 1 amide bonds. The van der Waals surface area contributed by atoms with Gasteiger partial charge in [-0.3, -0.25) is 9.36 Å². The van der Waals surface area contributed by atoms with Gasteiger partial charge >= 0.3 is 5.69 Å². The van der Waals surface area contributed by atoms with Gasteiger partial charge in [0.05, 0.1) is 0 Å². The quantitative estimate of drug-likeness (QED) is 0.654. The number of nitrogens with one attached hydrogen (secondary N) is 1. The van der Waals surface area contributed by atoms with E-state index in [1.165, 1.54) is 4.68 Å². The molecule has 0 aliphatic carbocycles. The Kier molecular flexibility index (Phi) is 6.27. The van der Waals surface area contributed by atoms with E-state index in [1.54, 1.807) is 4.57 Å². The minimum absolute atomic E-state index is 0.0664. The smallest absolute Gasteiger partial charge is 0.346 e. The topological polar surface area (TPSA) is 78.2 Å². The summed E-state index contributed by atoms with van der Waals surface area (Å²) in [5.74, 6) is 1.30. The summed E-state index contributed by atoms with van der Waals surface area (Å²) in [7, 11) is 0. The van der Waals surface area contributed by atoms with Crippen molar-refractivity contribution in [1.82, 2.24) is 19.7 Å². The number of fused-ring (bicyclic) bond motifs is 1. The molecule has 3 aromatic rings.